The van der Waals surface area contributed by atoms with Gasteiger partial charge in [-0.3, -0.25) is 0 Å². The van der Waals surface area contributed by atoms with Crippen LogP contribution < -0.4 is 5.73 Å². The first-order valence-electron chi connectivity index (χ1n) is 5.28. The van der Waals surface area contributed by atoms with Gasteiger partial charge < -0.3 is 10.8 Å². The number of aliphatic hydroxyl groups excluding tert-OH is 1. The normalized spacial score (nSPS) is 14.9. The van der Waals surface area contributed by atoms with Gasteiger partial charge in [0.05, 0.1) is 6.10 Å². The van der Waals surface area contributed by atoms with E-state index >= 15 is 0 Å². The van der Waals surface area contributed by atoms with Crippen molar-refractivity contribution in [3.8, 4) is 0 Å². The summed E-state index contributed by atoms with van der Waals surface area (Å²) in [6.45, 7) is 4.34. The molecule has 0 aliphatic heterocycles. The molecule has 0 radical (unpaired) electrons. The Morgan fingerprint density at radius 3 is 2.47 bits per heavy atom. The van der Waals surface area contributed by atoms with E-state index in [9.17, 15) is 5.11 Å². The number of nitrogen functional groups attached to an aromatic ring is 1. The van der Waals surface area contributed by atoms with Crippen molar-refractivity contribution in [3.63, 3.8) is 0 Å². The second-order valence-corrected chi connectivity index (χ2v) is 5.21. The molecule has 0 saturated heterocycles. The second-order valence-electron chi connectivity index (χ2n) is 3.73. The summed E-state index contributed by atoms with van der Waals surface area (Å²) in [6, 6.07) is 7.42. The van der Waals surface area contributed by atoms with Crippen LogP contribution >= 0.6 is 11.8 Å². The zero-order chi connectivity index (χ0) is 11.3. The Balaban J connectivity index is 2.46. The molecule has 2 atom stereocenters. The number of hydrogen-bond acceptors (Lipinski definition) is 3. The summed E-state index contributed by atoms with van der Waals surface area (Å²) in [5, 5.41) is 10.5. The minimum atomic E-state index is -0.385. The third kappa shape index (κ3) is 4.14. The van der Waals surface area contributed by atoms with Gasteiger partial charge in [0.1, 0.15) is 0 Å². The summed E-state index contributed by atoms with van der Waals surface area (Å²) >= 11 is 1.80. The van der Waals surface area contributed by atoms with E-state index in [4.69, 9.17) is 5.73 Å². The van der Waals surface area contributed by atoms with Gasteiger partial charge in [-0.05, 0) is 24.1 Å². The van der Waals surface area contributed by atoms with E-state index in [-0.39, 0.29) is 6.10 Å². The molecule has 0 bridgehead atoms. The number of hydrogen-bond donors (Lipinski definition) is 2. The minimum Gasteiger partial charge on any atom is -0.399 e. The van der Waals surface area contributed by atoms with Crippen molar-refractivity contribution in [2.75, 3.05) is 11.5 Å². The van der Waals surface area contributed by atoms with Gasteiger partial charge in [0.2, 0.25) is 0 Å². The highest BCUT2D eigenvalue weighted by atomic mass is 32.2. The van der Waals surface area contributed by atoms with E-state index in [2.05, 4.69) is 13.8 Å². The van der Waals surface area contributed by atoms with Crippen LogP contribution in [0.15, 0.2) is 24.3 Å². The van der Waals surface area contributed by atoms with Crippen LogP contribution in [-0.2, 0) is 0 Å². The predicted octanol–water partition coefficient (Wildman–Crippen LogP) is 2.83. The van der Waals surface area contributed by atoms with E-state index < -0.39 is 0 Å². The van der Waals surface area contributed by atoms with Crippen molar-refractivity contribution in [2.45, 2.75) is 31.6 Å². The second kappa shape index (κ2) is 6.03. The summed E-state index contributed by atoms with van der Waals surface area (Å²) in [4.78, 5) is 0. The summed E-state index contributed by atoms with van der Waals surface area (Å²) in [5.41, 5.74) is 7.26. The number of thioether (sulfide) groups is 1. The van der Waals surface area contributed by atoms with Crippen molar-refractivity contribution in [3.05, 3.63) is 29.8 Å². The van der Waals surface area contributed by atoms with Crippen LogP contribution in [0, 0.1) is 0 Å². The lowest BCUT2D eigenvalue weighted by atomic mass is 10.1. The van der Waals surface area contributed by atoms with E-state index in [0.717, 1.165) is 23.4 Å². The highest BCUT2D eigenvalue weighted by Crippen LogP contribution is 2.23. The highest BCUT2D eigenvalue weighted by molar-refractivity contribution is 7.99. The Bertz CT molecular complexity index is 286. The molecule has 0 aliphatic rings. The summed E-state index contributed by atoms with van der Waals surface area (Å²) in [7, 11) is 0. The lowest BCUT2D eigenvalue weighted by Gasteiger charge is -2.13. The van der Waals surface area contributed by atoms with Crippen molar-refractivity contribution in [1.29, 1.82) is 0 Å². The number of anilines is 1. The number of aliphatic hydroxyl groups is 1. The van der Waals surface area contributed by atoms with Gasteiger partial charge in [-0.25, -0.2) is 0 Å². The first-order valence-corrected chi connectivity index (χ1v) is 6.33. The first kappa shape index (κ1) is 12.4. The lowest BCUT2D eigenvalue weighted by Crippen LogP contribution is -2.04. The summed E-state index contributed by atoms with van der Waals surface area (Å²) in [6.07, 6.45) is 0.753. The molecule has 0 fully saturated rings. The highest BCUT2D eigenvalue weighted by Gasteiger charge is 2.09. The molecule has 2 unspecified atom stereocenters. The Labute approximate surface area is 95.9 Å². The molecule has 0 heterocycles. The minimum absolute atomic E-state index is 0.385. The molecule has 0 aliphatic carbocycles. The Morgan fingerprint density at radius 2 is 1.93 bits per heavy atom. The molecule has 0 saturated carbocycles. The molecule has 15 heavy (non-hydrogen) atoms. The van der Waals surface area contributed by atoms with Gasteiger partial charge in [0.25, 0.3) is 0 Å². The van der Waals surface area contributed by atoms with Crippen LogP contribution in [0.2, 0.25) is 0 Å². The van der Waals surface area contributed by atoms with Crippen molar-refractivity contribution in [2.24, 2.45) is 0 Å². The fourth-order valence-electron chi connectivity index (χ4n) is 1.19. The van der Waals surface area contributed by atoms with Crippen LogP contribution in [0.25, 0.3) is 0 Å². The smallest absolute Gasteiger partial charge is 0.0880 e. The molecular weight excluding hydrogens is 206 g/mol. The average molecular weight is 225 g/mol. The SMILES string of the molecule is CCC(C)SCC(O)c1ccc(N)cc1. The van der Waals surface area contributed by atoms with Crippen LogP contribution in [-0.4, -0.2) is 16.1 Å². The molecule has 1 aromatic rings. The third-order valence-electron chi connectivity index (χ3n) is 2.43. The largest absolute Gasteiger partial charge is 0.399 e. The molecule has 3 heteroatoms. The van der Waals surface area contributed by atoms with Gasteiger partial charge in [-0.15, -0.1) is 0 Å². The molecule has 1 rings (SSSR count). The van der Waals surface area contributed by atoms with Crippen LogP contribution in [0.4, 0.5) is 5.69 Å². The zero-order valence-electron chi connectivity index (χ0n) is 9.31. The molecule has 0 aromatic heterocycles. The number of rotatable bonds is 5. The maximum atomic E-state index is 9.89. The lowest BCUT2D eigenvalue weighted by molar-refractivity contribution is 0.204. The van der Waals surface area contributed by atoms with E-state index in [1.165, 1.54) is 0 Å². The molecular formula is C12H19NOS. The molecule has 3 N–H and O–H groups in total. The van der Waals surface area contributed by atoms with E-state index in [0.29, 0.717) is 5.25 Å². The van der Waals surface area contributed by atoms with Crippen molar-refractivity contribution in [1.82, 2.24) is 0 Å². The quantitative estimate of drug-likeness (QED) is 0.757. The number of nitrogens with two attached hydrogens (primary N) is 1. The van der Waals surface area contributed by atoms with Gasteiger partial charge in [0.15, 0.2) is 0 Å². The van der Waals surface area contributed by atoms with E-state index in [1.54, 1.807) is 11.8 Å². The summed E-state index contributed by atoms with van der Waals surface area (Å²) in [5.74, 6) is 0.749. The van der Waals surface area contributed by atoms with Crippen molar-refractivity contribution < 1.29 is 5.11 Å². The standard InChI is InChI=1S/C12H19NOS/c1-3-9(2)15-8-12(14)10-4-6-11(13)7-5-10/h4-7,9,12,14H,3,8,13H2,1-2H3. The maximum absolute atomic E-state index is 9.89. The molecule has 0 amide bonds. The summed E-state index contributed by atoms with van der Waals surface area (Å²) < 4.78 is 0. The van der Waals surface area contributed by atoms with Crippen molar-refractivity contribution >= 4 is 17.4 Å². The molecule has 1 aromatic carbocycles. The van der Waals surface area contributed by atoms with Gasteiger partial charge in [0, 0.05) is 16.7 Å². The number of benzene rings is 1. The fraction of sp³-hybridized carbons (Fsp3) is 0.500. The topological polar surface area (TPSA) is 46.2 Å². The van der Waals surface area contributed by atoms with Crippen LogP contribution in [0.5, 0.6) is 0 Å². The van der Waals surface area contributed by atoms with Gasteiger partial charge >= 0.3 is 0 Å². The monoisotopic (exact) mass is 225 g/mol. The van der Waals surface area contributed by atoms with Crippen LogP contribution in [0.1, 0.15) is 31.9 Å². The van der Waals surface area contributed by atoms with Crippen LogP contribution in [0.3, 0.4) is 0 Å². The predicted molar refractivity (Wildman–Crippen MR) is 68.0 cm³/mol. The molecule has 2 nitrogen and oxygen atoms in total. The zero-order valence-corrected chi connectivity index (χ0v) is 10.1. The Hall–Kier alpha value is -0.670. The fourth-order valence-corrected chi connectivity index (χ4v) is 2.13. The average Bonchev–Trinajstić information content (AvgIpc) is 2.26. The van der Waals surface area contributed by atoms with E-state index in [1.807, 2.05) is 24.3 Å². The molecule has 0 spiro atoms. The Morgan fingerprint density at radius 1 is 1.33 bits per heavy atom. The maximum Gasteiger partial charge on any atom is 0.0880 e. The van der Waals surface area contributed by atoms with Gasteiger partial charge in [-0.2, -0.15) is 11.8 Å². The first-order chi connectivity index (χ1) is 7.13. The Kier molecular flexibility index (Phi) is 4.99. The molecule has 84 valence electrons. The third-order valence-corrected chi connectivity index (χ3v) is 3.85. The van der Waals surface area contributed by atoms with Gasteiger partial charge in [-0.1, -0.05) is 26.0 Å².